The molecule has 0 aliphatic rings. The Bertz CT molecular complexity index is 576. The Kier molecular flexibility index (Phi) is 7.86. The summed E-state index contributed by atoms with van der Waals surface area (Å²) in [6.45, 7) is 1.86. The van der Waals surface area contributed by atoms with Gasteiger partial charge in [-0.05, 0) is 48.9 Å². The van der Waals surface area contributed by atoms with E-state index in [2.05, 4.69) is 5.32 Å². The molecule has 0 spiro atoms. The van der Waals surface area contributed by atoms with Crippen molar-refractivity contribution in [3.8, 4) is 11.5 Å². The van der Waals surface area contributed by atoms with Gasteiger partial charge in [0, 0.05) is 12.5 Å². The molecule has 1 aromatic carbocycles. The van der Waals surface area contributed by atoms with Gasteiger partial charge in [0.15, 0.2) is 0 Å². The number of nitrogens with one attached hydrogen (secondary N) is 1. The molecule has 25 heavy (non-hydrogen) atoms. The number of alkyl halides is 3. The zero-order valence-corrected chi connectivity index (χ0v) is 14.6. The van der Waals surface area contributed by atoms with E-state index in [0.717, 1.165) is 5.56 Å². The van der Waals surface area contributed by atoms with E-state index in [1.54, 1.807) is 12.1 Å². The van der Waals surface area contributed by atoms with Crippen molar-refractivity contribution in [2.24, 2.45) is 0 Å². The first kappa shape index (κ1) is 20.9. The molecule has 0 bridgehead atoms. The molecular weight excluding hydrogens is 339 g/mol. The van der Waals surface area contributed by atoms with Crippen LogP contribution in [0.1, 0.15) is 37.3 Å². The summed E-state index contributed by atoms with van der Waals surface area (Å²) in [6, 6.07) is 3.07. The summed E-state index contributed by atoms with van der Waals surface area (Å²) in [5.41, 5.74) is 1.37. The third kappa shape index (κ3) is 7.11. The quantitative estimate of drug-likeness (QED) is 0.691. The van der Waals surface area contributed by atoms with Crippen LogP contribution in [0.4, 0.5) is 18.0 Å². The lowest BCUT2D eigenvalue weighted by molar-refractivity contribution is -0.135. The predicted molar refractivity (Wildman–Crippen MR) is 87.5 cm³/mol. The van der Waals surface area contributed by atoms with E-state index in [4.69, 9.17) is 14.6 Å². The number of carboxylic acid groups (broad SMARTS) is 1. The largest absolute Gasteiger partial charge is 0.496 e. The summed E-state index contributed by atoms with van der Waals surface area (Å²) >= 11 is 0. The highest BCUT2D eigenvalue weighted by atomic mass is 19.4. The van der Waals surface area contributed by atoms with E-state index in [1.165, 1.54) is 14.2 Å². The second-order valence-corrected chi connectivity index (χ2v) is 5.70. The fourth-order valence-corrected chi connectivity index (χ4v) is 2.60. The number of methoxy groups -OCH3 is 2. The van der Waals surface area contributed by atoms with Gasteiger partial charge in [-0.15, -0.1) is 0 Å². The highest BCUT2D eigenvalue weighted by Gasteiger charge is 2.26. The van der Waals surface area contributed by atoms with Crippen LogP contribution >= 0.6 is 0 Å². The van der Waals surface area contributed by atoms with Gasteiger partial charge in [0.2, 0.25) is 0 Å². The number of ether oxygens (including phenoxy) is 2. The predicted octanol–water partition coefficient (Wildman–Crippen LogP) is 4.18. The Morgan fingerprint density at radius 3 is 2.24 bits per heavy atom. The van der Waals surface area contributed by atoms with Gasteiger partial charge in [-0.2, -0.15) is 13.2 Å². The molecule has 0 radical (unpaired) electrons. The summed E-state index contributed by atoms with van der Waals surface area (Å²) < 4.78 is 47.6. The maximum absolute atomic E-state index is 12.3. The van der Waals surface area contributed by atoms with Crippen molar-refractivity contribution in [3.05, 3.63) is 23.3 Å². The molecule has 1 rings (SSSR count). The maximum Gasteiger partial charge on any atom is 0.404 e. The molecule has 0 heterocycles. The van der Waals surface area contributed by atoms with E-state index < -0.39 is 18.7 Å². The van der Waals surface area contributed by atoms with Crippen molar-refractivity contribution in [1.82, 2.24) is 5.32 Å². The lowest BCUT2D eigenvalue weighted by atomic mass is 9.98. The molecule has 8 heteroatoms. The molecular formula is C17H24F3NO4. The average Bonchev–Trinajstić information content (AvgIpc) is 2.53. The summed E-state index contributed by atoms with van der Waals surface area (Å²) in [6.07, 6.45) is -5.00. The number of rotatable bonds is 9. The van der Waals surface area contributed by atoms with Gasteiger partial charge >= 0.3 is 12.3 Å². The van der Waals surface area contributed by atoms with Gasteiger partial charge in [0.05, 0.1) is 14.2 Å². The first-order valence-corrected chi connectivity index (χ1v) is 8.00. The first-order chi connectivity index (χ1) is 11.7. The normalized spacial score (nSPS) is 12.6. The Morgan fingerprint density at radius 1 is 1.20 bits per heavy atom. The number of halogens is 3. The maximum atomic E-state index is 12.3. The highest BCUT2D eigenvalue weighted by molar-refractivity contribution is 5.65. The molecule has 1 aromatic rings. The first-order valence-electron chi connectivity index (χ1n) is 8.00. The number of benzene rings is 1. The minimum absolute atomic E-state index is 0.0412. The van der Waals surface area contributed by atoms with Crippen molar-refractivity contribution in [3.63, 3.8) is 0 Å². The van der Waals surface area contributed by atoms with E-state index in [9.17, 15) is 18.0 Å². The smallest absolute Gasteiger partial charge is 0.404 e. The minimum atomic E-state index is -4.19. The zero-order valence-electron chi connectivity index (χ0n) is 14.6. The van der Waals surface area contributed by atoms with Crippen LogP contribution in [0.15, 0.2) is 12.1 Å². The molecule has 0 fully saturated rings. The monoisotopic (exact) mass is 363 g/mol. The van der Waals surface area contributed by atoms with Crippen LogP contribution in [0.2, 0.25) is 0 Å². The van der Waals surface area contributed by atoms with Crippen molar-refractivity contribution in [1.29, 1.82) is 0 Å². The van der Waals surface area contributed by atoms with E-state index in [0.29, 0.717) is 29.9 Å². The Hall–Kier alpha value is -2.12. The molecule has 0 saturated carbocycles. The van der Waals surface area contributed by atoms with E-state index in [-0.39, 0.29) is 18.9 Å². The second-order valence-electron chi connectivity index (χ2n) is 5.70. The van der Waals surface area contributed by atoms with Gasteiger partial charge < -0.3 is 19.9 Å². The van der Waals surface area contributed by atoms with Crippen LogP contribution < -0.4 is 14.8 Å². The highest BCUT2D eigenvalue weighted by Crippen LogP contribution is 2.32. The number of amides is 1. The molecule has 2 N–H and O–H groups in total. The summed E-state index contributed by atoms with van der Waals surface area (Å²) in [5, 5.41) is 11.3. The van der Waals surface area contributed by atoms with Crippen LogP contribution in [0.3, 0.4) is 0 Å². The third-order valence-corrected chi connectivity index (χ3v) is 3.88. The summed E-state index contributed by atoms with van der Waals surface area (Å²) in [5.74, 6) is 0.983. The molecule has 142 valence electrons. The Morgan fingerprint density at radius 2 is 1.76 bits per heavy atom. The lowest BCUT2D eigenvalue weighted by Gasteiger charge is -2.19. The Labute approximate surface area is 145 Å². The summed E-state index contributed by atoms with van der Waals surface area (Å²) in [4.78, 5) is 10.8. The van der Waals surface area contributed by atoms with Crippen LogP contribution in [-0.4, -0.2) is 37.6 Å². The standard InChI is InChI=1S/C17H24F3NO4/c1-4-13(21-16(22)23)8-12-10-14(24-2)11(9-15(12)25-3)6-5-7-17(18,19)20/h9-10,13,21H,4-8H2,1-3H3,(H,22,23). The van der Waals surface area contributed by atoms with Crippen molar-refractivity contribution in [2.45, 2.75) is 51.2 Å². The van der Waals surface area contributed by atoms with Gasteiger partial charge in [-0.25, -0.2) is 4.79 Å². The second kappa shape index (κ2) is 9.39. The molecule has 0 aliphatic carbocycles. The lowest BCUT2D eigenvalue weighted by Crippen LogP contribution is -2.34. The fourth-order valence-electron chi connectivity index (χ4n) is 2.60. The van der Waals surface area contributed by atoms with Gasteiger partial charge in [-0.3, -0.25) is 0 Å². The van der Waals surface area contributed by atoms with Gasteiger partial charge in [0.25, 0.3) is 0 Å². The molecule has 1 unspecified atom stereocenters. The number of aryl methyl sites for hydroxylation is 1. The topological polar surface area (TPSA) is 67.8 Å². The van der Waals surface area contributed by atoms with Crippen LogP contribution in [-0.2, 0) is 12.8 Å². The minimum Gasteiger partial charge on any atom is -0.496 e. The number of carbonyl (C=O) groups is 1. The molecule has 5 nitrogen and oxygen atoms in total. The van der Waals surface area contributed by atoms with Crippen molar-refractivity contribution >= 4 is 6.09 Å². The molecule has 0 aliphatic heterocycles. The molecule has 0 aromatic heterocycles. The van der Waals surface area contributed by atoms with Crippen LogP contribution in [0.5, 0.6) is 11.5 Å². The Balaban J connectivity index is 2.98. The molecule has 1 amide bonds. The van der Waals surface area contributed by atoms with Crippen LogP contribution in [0.25, 0.3) is 0 Å². The third-order valence-electron chi connectivity index (χ3n) is 3.88. The summed E-state index contributed by atoms with van der Waals surface area (Å²) in [7, 11) is 2.92. The van der Waals surface area contributed by atoms with Gasteiger partial charge in [0.1, 0.15) is 11.5 Å². The van der Waals surface area contributed by atoms with E-state index >= 15 is 0 Å². The number of hydrogen-bond donors (Lipinski definition) is 2. The van der Waals surface area contributed by atoms with Crippen LogP contribution in [0, 0.1) is 0 Å². The zero-order chi connectivity index (χ0) is 19.0. The van der Waals surface area contributed by atoms with E-state index in [1.807, 2.05) is 6.92 Å². The molecule has 1 atom stereocenters. The number of hydrogen-bond acceptors (Lipinski definition) is 3. The molecule has 0 saturated heterocycles. The fraction of sp³-hybridized carbons (Fsp3) is 0.588. The van der Waals surface area contributed by atoms with Crippen molar-refractivity contribution < 1.29 is 32.5 Å². The van der Waals surface area contributed by atoms with Crippen molar-refractivity contribution in [2.75, 3.05) is 14.2 Å². The average molecular weight is 363 g/mol. The van der Waals surface area contributed by atoms with Gasteiger partial charge in [-0.1, -0.05) is 6.92 Å². The SMILES string of the molecule is CCC(Cc1cc(OC)c(CCCC(F)(F)F)cc1OC)NC(=O)O.